The minimum absolute atomic E-state index is 0.00514. The standard InChI is InChI=1S/C19H28O2/c1-11-9-16-14(15-5-6-17(21)18(11)15)4-3-12-10-13(20)7-8-19(12,16)2/h10-11,14-18,21H,3-9H2,1-2H3/t11-,14+,15+,16+,17+,18?,19+/m1/s1/i6D2,8D,17D/t8-,11-,14+,15+,16+,17+,18?,19+. The smallest absolute Gasteiger partial charge is 0.155 e. The highest BCUT2D eigenvalue weighted by Gasteiger charge is 2.56. The number of carbonyl (C=O) groups is 1. The molecule has 0 bridgehead atoms. The van der Waals surface area contributed by atoms with Crippen LogP contribution >= 0.6 is 0 Å². The SMILES string of the molecule is [2H][C@@H]1CC(=O)C=C2CC[C@H]3[C@@H]4CC([2H])([2H])[C@]([2H])(O)C4[C@H](C)C[C@@H]3[C@]21C. The van der Waals surface area contributed by atoms with Crippen molar-refractivity contribution >= 4 is 5.78 Å². The van der Waals surface area contributed by atoms with Crippen molar-refractivity contribution in [2.24, 2.45) is 35.0 Å². The first-order chi connectivity index (χ1) is 11.5. The van der Waals surface area contributed by atoms with Crippen molar-refractivity contribution in [2.45, 2.75) is 64.8 Å². The lowest BCUT2D eigenvalue weighted by Crippen LogP contribution is -2.50. The topological polar surface area (TPSA) is 37.3 Å². The number of aliphatic hydroxyl groups is 1. The number of carbonyl (C=O) groups excluding carboxylic acids is 1. The summed E-state index contributed by atoms with van der Waals surface area (Å²) in [6, 6.07) is 0. The number of rotatable bonds is 0. The minimum atomic E-state index is -2.03. The highest BCUT2D eigenvalue weighted by molar-refractivity contribution is 5.91. The van der Waals surface area contributed by atoms with Gasteiger partial charge in [-0.15, -0.1) is 0 Å². The van der Waals surface area contributed by atoms with Gasteiger partial charge in [0.1, 0.15) is 0 Å². The Labute approximate surface area is 133 Å². The second-order valence-corrected chi connectivity index (χ2v) is 7.80. The van der Waals surface area contributed by atoms with Crippen molar-refractivity contribution in [3.63, 3.8) is 0 Å². The highest BCUT2D eigenvalue weighted by atomic mass is 16.3. The van der Waals surface area contributed by atoms with Crippen LogP contribution in [0.1, 0.15) is 64.2 Å². The fourth-order valence-corrected chi connectivity index (χ4v) is 5.81. The van der Waals surface area contributed by atoms with Gasteiger partial charge in [0.25, 0.3) is 0 Å². The predicted octanol–water partition coefficient (Wildman–Crippen LogP) is 3.74. The molecule has 2 heteroatoms. The number of fused-ring (bicyclic) bond motifs is 5. The van der Waals surface area contributed by atoms with E-state index in [-0.39, 0.29) is 53.6 Å². The molecular weight excluding hydrogens is 260 g/mol. The van der Waals surface area contributed by atoms with Gasteiger partial charge in [-0.25, -0.2) is 0 Å². The molecule has 8 atom stereocenters. The molecule has 2 nitrogen and oxygen atoms in total. The zero-order valence-corrected chi connectivity index (χ0v) is 12.9. The number of allylic oxidation sites excluding steroid dienone is 1. The molecule has 0 saturated heterocycles. The van der Waals surface area contributed by atoms with Gasteiger partial charge in [0.15, 0.2) is 5.78 Å². The highest BCUT2D eigenvalue weighted by Crippen LogP contribution is 2.62. The van der Waals surface area contributed by atoms with Crippen molar-refractivity contribution in [1.29, 1.82) is 0 Å². The van der Waals surface area contributed by atoms with Crippen molar-refractivity contribution in [2.75, 3.05) is 0 Å². The van der Waals surface area contributed by atoms with Crippen molar-refractivity contribution < 1.29 is 15.4 Å². The molecule has 0 spiro atoms. The predicted molar refractivity (Wildman–Crippen MR) is 82.6 cm³/mol. The van der Waals surface area contributed by atoms with Gasteiger partial charge in [-0.3, -0.25) is 4.79 Å². The maximum Gasteiger partial charge on any atom is 0.155 e. The van der Waals surface area contributed by atoms with E-state index in [0.717, 1.165) is 24.8 Å². The van der Waals surface area contributed by atoms with E-state index in [2.05, 4.69) is 6.92 Å². The van der Waals surface area contributed by atoms with Crippen LogP contribution in [0.25, 0.3) is 0 Å². The molecule has 0 aromatic heterocycles. The molecular formula is C19H28O2. The monoisotopic (exact) mass is 292 g/mol. The summed E-state index contributed by atoms with van der Waals surface area (Å²) >= 11 is 0. The average Bonchev–Trinajstić information content (AvgIpc) is 2.67. The van der Waals surface area contributed by atoms with Crippen LogP contribution in [0.15, 0.2) is 11.6 Å². The Morgan fingerprint density at radius 1 is 1.38 bits per heavy atom. The second-order valence-electron chi connectivity index (χ2n) is 7.80. The summed E-state index contributed by atoms with van der Waals surface area (Å²) in [5.41, 5.74) is 0.781. The van der Waals surface area contributed by atoms with Gasteiger partial charge in [0.2, 0.25) is 0 Å². The summed E-state index contributed by atoms with van der Waals surface area (Å²) in [6.07, 6.45) is 0.404. The molecule has 3 saturated carbocycles. The van der Waals surface area contributed by atoms with E-state index < -0.39 is 18.8 Å². The molecule has 21 heavy (non-hydrogen) atoms. The molecule has 0 heterocycles. The average molecular weight is 292 g/mol. The van der Waals surface area contributed by atoms with Crippen LogP contribution in [0.5, 0.6) is 0 Å². The van der Waals surface area contributed by atoms with Crippen LogP contribution in [-0.2, 0) is 4.79 Å². The van der Waals surface area contributed by atoms with Gasteiger partial charge in [-0.1, -0.05) is 19.4 Å². The molecule has 4 aliphatic rings. The summed E-state index contributed by atoms with van der Waals surface area (Å²) in [4.78, 5) is 11.9. The first-order valence-electron chi connectivity index (χ1n) is 10.5. The van der Waals surface area contributed by atoms with Crippen LogP contribution in [0.4, 0.5) is 0 Å². The van der Waals surface area contributed by atoms with Gasteiger partial charge in [0.05, 0.1) is 7.45 Å². The van der Waals surface area contributed by atoms with Crippen molar-refractivity contribution in [3.05, 3.63) is 11.6 Å². The molecule has 0 aromatic carbocycles. The summed E-state index contributed by atoms with van der Waals surface area (Å²) in [5, 5.41) is 10.7. The Kier molecular flexibility index (Phi) is 2.27. The molecule has 0 radical (unpaired) electrons. The third-order valence-corrected chi connectivity index (χ3v) is 6.87. The quantitative estimate of drug-likeness (QED) is 0.738. The van der Waals surface area contributed by atoms with E-state index in [1.54, 1.807) is 6.08 Å². The fraction of sp³-hybridized carbons (Fsp3) is 0.842. The van der Waals surface area contributed by atoms with E-state index in [1.807, 2.05) is 6.92 Å². The van der Waals surface area contributed by atoms with E-state index in [4.69, 9.17) is 5.48 Å². The molecule has 0 aliphatic heterocycles. The summed E-state index contributed by atoms with van der Waals surface area (Å²) in [7, 11) is 0. The van der Waals surface area contributed by atoms with Crippen LogP contribution in [0.2, 0.25) is 0 Å². The maximum atomic E-state index is 11.9. The number of hydrogen-bond acceptors (Lipinski definition) is 2. The number of ketones is 1. The lowest BCUT2D eigenvalue weighted by atomic mass is 9.48. The Morgan fingerprint density at radius 2 is 2.19 bits per heavy atom. The Morgan fingerprint density at radius 3 is 3.00 bits per heavy atom. The summed E-state index contributed by atoms with van der Waals surface area (Å²) in [5.74, 6) is 0.238. The van der Waals surface area contributed by atoms with Crippen molar-refractivity contribution in [1.82, 2.24) is 0 Å². The largest absolute Gasteiger partial charge is 0.393 e. The van der Waals surface area contributed by atoms with E-state index in [1.165, 1.54) is 0 Å². The lowest BCUT2D eigenvalue weighted by molar-refractivity contribution is -0.117. The summed E-state index contributed by atoms with van der Waals surface area (Å²) in [6.45, 7) is 4.16. The molecule has 4 aliphatic carbocycles. The van der Waals surface area contributed by atoms with Gasteiger partial charge < -0.3 is 5.11 Å². The van der Waals surface area contributed by atoms with Crippen molar-refractivity contribution in [3.8, 4) is 0 Å². The van der Waals surface area contributed by atoms with E-state index >= 15 is 0 Å². The Bertz CT molecular complexity index is 643. The third-order valence-electron chi connectivity index (χ3n) is 6.87. The molecule has 116 valence electrons. The minimum Gasteiger partial charge on any atom is -0.393 e. The zero-order chi connectivity index (χ0) is 18.4. The van der Waals surface area contributed by atoms with Crippen LogP contribution in [0.3, 0.4) is 0 Å². The Hall–Kier alpha value is -0.630. The summed E-state index contributed by atoms with van der Waals surface area (Å²) < 4.78 is 33.4. The van der Waals surface area contributed by atoms with Crippen LogP contribution in [-0.4, -0.2) is 17.0 Å². The molecule has 1 N–H and O–H groups in total. The maximum absolute atomic E-state index is 11.9. The van der Waals surface area contributed by atoms with E-state index in [9.17, 15) is 9.90 Å². The van der Waals surface area contributed by atoms with Gasteiger partial charge >= 0.3 is 0 Å². The van der Waals surface area contributed by atoms with Gasteiger partial charge in [-0.2, -0.15) is 0 Å². The molecule has 0 aromatic rings. The van der Waals surface area contributed by atoms with Crippen LogP contribution < -0.4 is 0 Å². The van der Waals surface area contributed by atoms with Crippen LogP contribution in [0, 0.1) is 35.0 Å². The molecule has 3 fully saturated rings. The third kappa shape index (κ3) is 1.91. The first kappa shape index (κ1) is 10.2. The van der Waals surface area contributed by atoms with E-state index in [0.29, 0.717) is 0 Å². The zero-order valence-electron chi connectivity index (χ0n) is 16.9. The molecule has 4 rings (SSSR count). The molecule has 0 amide bonds. The fourth-order valence-electron chi connectivity index (χ4n) is 5.81. The molecule has 1 unspecified atom stereocenters. The Balaban J connectivity index is 1.75. The van der Waals surface area contributed by atoms with Gasteiger partial charge in [-0.05, 0) is 79.5 Å². The van der Waals surface area contributed by atoms with Gasteiger partial charge in [0, 0.05) is 10.5 Å². The lowest BCUT2D eigenvalue weighted by Gasteiger charge is -2.56. The normalized spacial score (nSPS) is 64.9. The first-order valence-corrected chi connectivity index (χ1v) is 8.38. The number of hydrogen-bond donors (Lipinski definition) is 1. The second kappa shape index (κ2) is 4.68.